The van der Waals surface area contributed by atoms with Gasteiger partial charge in [-0.2, -0.15) is 0 Å². The van der Waals surface area contributed by atoms with Gasteiger partial charge in [-0.25, -0.2) is 0 Å². The van der Waals surface area contributed by atoms with Crippen LogP contribution in [0.25, 0.3) is 22.3 Å². The van der Waals surface area contributed by atoms with Gasteiger partial charge < -0.3 is 53.6 Å². The third kappa shape index (κ3) is 6.01. The molecule has 2 heterocycles. The number of ether oxygens (including phenoxy) is 5. The molecule has 15 heteroatoms. The zero-order chi connectivity index (χ0) is 30.9. The molecule has 0 aliphatic carbocycles. The summed E-state index contributed by atoms with van der Waals surface area (Å²) in [6, 6.07) is 5.25. The van der Waals surface area contributed by atoms with Crippen LogP contribution in [0, 0.1) is 0 Å². The van der Waals surface area contributed by atoms with Crippen molar-refractivity contribution in [2.45, 2.75) is 51.5 Å². The fourth-order valence-corrected chi connectivity index (χ4v) is 4.44. The van der Waals surface area contributed by atoms with Gasteiger partial charge >= 0.3 is 17.9 Å². The van der Waals surface area contributed by atoms with E-state index >= 15 is 0 Å². The van der Waals surface area contributed by atoms with Crippen molar-refractivity contribution < 1.29 is 68.0 Å². The number of fused-ring (bicyclic) bond motifs is 1. The van der Waals surface area contributed by atoms with Crippen LogP contribution in [-0.2, 0) is 33.3 Å². The summed E-state index contributed by atoms with van der Waals surface area (Å²) in [6.45, 7) is 2.28. The van der Waals surface area contributed by atoms with Gasteiger partial charge in [0.25, 0.3) is 0 Å². The van der Waals surface area contributed by atoms with E-state index in [9.17, 15) is 44.7 Å². The van der Waals surface area contributed by atoms with Gasteiger partial charge in [0.2, 0.25) is 23.6 Å². The molecule has 0 radical (unpaired) electrons. The average Bonchev–Trinajstić information content (AvgIpc) is 2.88. The Balaban J connectivity index is 1.93. The molecule has 5 atom stereocenters. The lowest BCUT2D eigenvalue weighted by atomic mass is 9.98. The van der Waals surface area contributed by atoms with Crippen LogP contribution in [0.3, 0.4) is 0 Å². The highest BCUT2D eigenvalue weighted by Crippen LogP contribution is 2.40. The molecule has 1 saturated heterocycles. The second-order valence-electron chi connectivity index (χ2n) is 9.20. The number of benzene rings is 2. The minimum atomic E-state index is -1.83. The van der Waals surface area contributed by atoms with Crippen molar-refractivity contribution in [2.75, 3.05) is 6.61 Å². The highest BCUT2D eigenvalue weighted by atomic mass is 16.7. The Hall–Kier alpha value is -5.02. The number of hydrogen-bond acceptors (Lipinski definition) is 15. The quantitative estimate of drug-likeness (QED) is 0.148. The van der Waals surface area contributed by atoms with Gasteiger partial charge in [-0.15, -0.1) is 0 Å². The molecular weight excluding hydrogens is 564 g/mol. The standard InChI is InChI=1S/C27H26O15/c1-10(29)37-23-19(9-28)41-27(26(39-12(3)31)25(23)38-11(2)30)42-24-21(36)20-17(35)7-14(32)8-18(20)40-22(24)13-4-5-15(33)16(34)6-13/h4-8,19,23,25-28,32-35H,9H2,1-3H3/t19-,23+,25+,26-,27+/m1/s1. The lowest BCUT2D eigenvalue weighted by Gasteiger charge is -2.43. The first kappa shape index (κ1) is 30.0. The molecule has 1 fully saturated rings. The third-order valence-corrected chi connectivity index (χ3v) is 6.07. The molecule has 0 unspecified atom stereocenters. The molecule has 1 aliphatic heterocycles. The molecule has 1 aliphatic rings. The van der Waals surface area contributed by atoms with Gasteiger partial charge in [0.05, 0.1) is 6.61 Å². The van der Waals surface area contributed by atoms with Gasteiger partial charge in [-0.3, -0.25) is 19.2 Å². The molecule has 0 spiro atoms. The van der Waals surface area contributed by atoms with Crippen molar-refractivity contribution >= 4 is 28.9 Å². The first-order valence-corrected chi connectivity index (χ1v) is 12.3. The molecule has 4 rings (SSSR count). The zero-order valence-electron chi connectivity index (χ0n) is 22.3. The molecule has 5 N–H and O–H groups in total. The van der Waals surface area contributed by atoms with Gasteiger partial charge in [0.15, 0.2) is 29.5 Å². The Morgan fingerprint density at radius 1 is 0.810 bits per heavy atom. The molecule has 0 bridgehead atoms. The first-order chi connectivity index (χ1) is 19.8. The Kier molecular flexibility index (Phi) is 8.44. The van der Waals surface area contributed by atoms with Crippen molar-refractivity contribution in [1.29, 1.82) is 0 Å². The monoisotopic (exact) mass is 590 g/mol. The minimum Gasteiger partial charge on any atom is -0.508 e. The molecule has 42 heavy (non-hydrogen) atoms. The third-order valence-electron chi connectivity index (χ3n) is 6.07. The fraction of sp³-hybridized carbons (Fsp3) is 0.333. The van der Waals surface area contributed by atoms with E-state index in [1.165, 1.54) is 6.07 Å². The van der Waals surface area contributed by atoms with Crippen LogP contribution >= 0.6 is 0 Å². The van der Waals surface area contributed by atoms with Crippen LogP contribution in [-0.4, -0.2) is 80.8 Å². The molecule has 3 aromatic rings. The summed E-state index contributed by atoms with van der Waals surface area (Å²) < 4.78 is 33.2. The van der Waals surface area contributed by atoms with Gasteiger partial charge in [-0.1, -0.05) is 0 Å². The van der Waals surface area contributed by atoms with Crippen molar-refractivity contribution in [3.8, 4) is 40.1 Å². The fourth-order valence-electron chi connectivity index (χ4n) is 4.44. The summed E-state index contributed by atoms with van der Waals surface area (Å²) in [5.74, 6) is -5.97. The van der Waals surface area contributed by atoms with Crippen LogP contribution in [0.4, 0.5) is 0 Å². The second-order valence-corrected chi connectivity index (χ2v) is 9.20. The predicted octanol–water partition coefficient (Wildman–Crippen LogP) is 1.17. The van der Waals surface area contributed by atoms with Crippen molar-refractivity contribution in [1.82, 2.24) is 0 Å². The number of phenols is 4. The van der Waals surface area contributed by atoms with Gasteiger partial charge in [-0.05, 0) is 18.2 Å². The molecule has 2 aromatic carbocycles. The van der Waals surface area contributed by atoms with Crippen molar-refractivity contribution in [2.24, 2.45) is 0 Å². The Bertz CT molecular complexity index is 1590. The molecule has 0 saturated carbocycles. The summed E-state index contributed by atoms with van der Waals surface area (Å²) in [7, 11) is 0. The van der Waals surface area contributed by atoms with Crippen LogP contribution in [0.1, 0.15) is 20.8 Å². The zero-order valence-corrected chi connectivity index (χ0v) is 22.3. The minimum absolute atomic E-state index is 0.0324. The van der Waals surface area contributed by atoms with Gasteiger partial charge in [0, 0.05) is 38.5 Å². The topological polar surface area (TPSA) is 229 Å². The normalized spacial score (nSPS) is 21.9. The van der Waals surface area contributed by atoms with Crippen LogP contribution in [0.2, 0.25) is 0 Å². The maximum atomic E-state index is 13.7. The van der Waals surface area contributed by atoms with Crippen LogP contribution in [0.15, 0.2) is 39.5 Å². The van der Waals surface area contributed by atoms with E-state index in [2.05, 4.69) is 0 Å². The Labute approximate surface area is 236 Å². The summed E-state index contributed by atoms with van der Waals surface area (Å²) in [5, 5.41) is 49.8. The number of carbonyl (C=O) groups excluding carboxylic acids is 3. The average molecular weight is 590 g/mol. The van der Waals surface area contributed by atoms with Crippen LogP contribution in [0.5, 0.6) is 28.7 Å². The largest absolute Gasteiger partial charge is 0.508 e. The highest BCUT2D eigenvalue weighted by molar-refractivity contribution is 5.88. The molecule has 15 nitrogen and oxygen atoms in total. The van der Waals surface area contributed by atoms with E-state index in [-0.39, 0.29) is 11.1 Å². The van der Waals surface area contributed by atoms with E-state index in [0.29, 0.717) is 0 Å². The van der Waals surface area contributed by atoms with E-state index in [4.69, 9.17) is 28.1 Å². The van der Waals surface area contributed by atoms with Crippen LogP contribution < -0.4 is 10.2 Å². The number of aromatic hydroxyl groups is 4. The Morgan fingerprint density at radius 2 is 1.43 bits per heavy atom. The van der Waals surface area contributed by atoms with E-state index in [1.54, 1.807) is 0 Å². The predicted molar refractivity (Wildman–Crippen MR) is 138 cm³/mol. The summed E-state index contributed by atoms with van der Waals surface area (Å²) >= 11 is 0. The van der Waals surface area contributed by atoms with E-state index in [1.807, 2.05) is 0 Å². The number of esters is 3. The number of carbonyl (C=O) groups is 3. The second kappa shape index (κ2) is 11.8. The molecule has 0 amide bonds. The van der Waals surface area contributed by atoms with Crippen molar-refractivity contribution in [3.05, 3.63) is 40.6 Å². The maximum absolute atomic E-state index is 13.7. The Morgan fingerprint density at radius 3 is 2.02 bits per heavy atom. The summed E-state index contributed by atoms with van der Waals surface area (Å²) in [4.78, 5) is 49.6. The maximum Gasteiger partial charge on any atom is 0.303 e. The smallest absolute Gasteiger partial charge is 0.303 e. The highest BCUT2D eigenvalue weighted by Gasteiger charge is 2.53. The van der Waals surface area contributed by atoms with E-state index in [0.717, 1.165) is 45.0 Å². The number of phenolic OH excluding ortho intramolecular Hbond substituents is 4. The van der Waals surface area contributed by atoms with E-state index < -0.39 is 101 Å². The summed E-state index contributed by atoms with van der Waals surface area (Å²) in [5.41, 5.74) is -1.35. The molecule has 1 aromatic heterocycles. The number of aliphatic hydroxyl groups excluding tert-OH is 1. The molecule has 224 valence electrons. The SMILES string of the molecule is CC(=O)O[C@H]1[C@@H](OC(C)=O)[C@@H](CO)O[C@@H](Oc2c(-c3ccc(O)c(O)c3)oc3cc(O)cc(O)c3c2=O)[C@@H]1OC(C)=O. The lowest BCUT2D eigenvalue weighted by Crippen LogP contribution is -2.63. The summed E-state index contributed by atoms with van der Waals surface area (Å²) in [6.07, 6.45) is -8.01. The first-order valence-electron chi connectivity index (χ1n) is 12.3. The molecular formula is C27H26O15. The number of hydrogen-bond donors (Lipinski definition) is 5. The van der Waals surface area contributed by atoms with Gasteiger partial charge in [0.1, 0.15) is 28.6 Å². The number of aliphatic hydroxyl groups is 1. The van der Waals surface area contributed by atoms with Crippen molar-refractivity contribution in [3.63, 3.8) is 0 Å². The lowest BCUT2D eigenvalue weighted by molar-refractivity contribution is -0.288. The number of rotatable bonds is 7.